The number of aliphatic hydroxyl groups excluding tert-OH is 1. The van der Waals surface area contributed by atoms with E-state index in [0.29, 0.717) is 5.92 Å². The average Bonchev–Trinajstić information content (AvgIpc) is 2.57. The predicted octanol–water partition coefficient (Wildman–Crippen LogP) is 7.91. The van der Waals surface area contributed by atoms with Crippen LogP contribution in [-0.4, -0.2) is 10.5 Å². The number of unbranched alkanes of at least 4 members (excludes halogenated alkanes) is 16. The van der Waals surface area contributed by atoms with E-state index < -0.39 is 5.44 Å². The zero-order valence-electron chi connectivity index (χ0n) is 16.8. The van der Waals surface area contributed by atoms with Crippen molar-refractivity contribution in [2.75, 3.05) is 0 Å². The van der Waals surface area contributed by atoms with Crippen LogP contribution in [0.3, 0.4) is 0 Å². The van der Waals surface area contributed by atoms with Crippen LogP contribution in [0.2, 0.25) is 0 Å². The molecule has 0 aliphatic carbocycles. The van der Waals surface area contributed by atoms with Gasteiger partial charge in [-0.3, -0.25) is 0 Å². The summed E-state index contributed by atoms with van der Waals surface area (Å²) in [5.74, 6) is 0.338. The van der Waals surface area contributed by atoms with Gasteiger partial charge in [0.25, 0.3) is 0 Å². The molecule has 1 N–H and O–H groups in total. The molecule has 0 aliphatic rings. The van der Waals surface area contributed by atoms with E-state index in [9.17, 15) is 5.11 Å². The molecule has 146 valence electrons. The molecule has 0 aromatic heterocycles. The SMILES string of the molecule is CCCCCCCCCCCCCCCCCCCC(C)C(O)S. The molecule has 2 heteroatoms. The quantitative estimate of drug-likeness (QED) is 0.136. The monoisotopic (exact) mass is 358 g/mol. The smallest absolute Gasteiger partial charge is 0.0990 e. The van der Waals surface area contributed by atoms with Crippen LogP contribution in [0.5, 0.6) is 0 Å². The van der Waals surface area contributed by atoms with E-state index in [1.54, 1.807) is 0 Å². The highest BCUT2D eigenvalue weighted by atomic mass is 32.1. The Bertz CT molecular complexity index is 230. The van der Waals surface area contributed by atoms with Gasteiger partial charge in [-0.05, 0) is 12.3 Å². The molecule has 0 saturated carbocycles. The van der Waals surface area contributed by atoms with Crippen LogP contribution in [0.4, 0.5) is 0 Å². The van der Waals surface area contributed by atoms with Gasteiger partial charge in [-0.15, -0.1) is 12.6 Å². The topological polar surface area (TPSA) is 20.2 Å². The molecule has 0 rings (SSSR count). The van der Waals surface area contributed by atoms with Crippen molar-refractivity contribution in [1.29, 1.82) is 0 Å². The van der Waals surface area contributed by atoms with Gasteiger partial charge < -0.3 is 5.11 Å². The maximum atomic E-state index is 9.32. The third kappa shape index (κ3) is 18.6. The average molecular weight is 359 g/mol. The van der Waals surface area contributed by atoms with E-state index in [-0.39, 0.29) is 0 Å². The summed E-state index contributed by atoms with van der Waals surface area (Å²) in [4.78, 5) is 0. The first-order valence-electron chi connectivity index (χ1n) is 11.0. The minimum Gasteiger partial charge on any atom is -0.382 e. The molecule has 0 radical (unpaired) electrons. The predicted molar refractivity (Wildman–Crippen MR) is 113 cm³/mol. The normalized spacial score (nSPS) is 14.0. The van der Waals surface area contributed by atoms with E-state index in [4.69, 9.17) is 0 Å². The van der Waals surface area contributed by atoms with E-state index >= 15 is 0 Å². The number of aliphatic hydroxyl groups is 1. The molecule has 0 fully saturated rings. The fraction of sp³-hybridized carbons (Fsp3) is 1.00. The Balaban J connectivity index is 3.03. The largest absolute Gasteiger partial charge is 0.382 e. The first-order chi connectivity index (χ1) is 11.7. The fourth-order valence-electron chi connectivity index (χ4n) is 3.34. The molecule has 0 saturated heterocycles. The highest BCUT2D eigenvalue weighted by molar-refractivity contribution is 7.80. The second-order valence-corrected chi connectivity index (χ2v) is 8.37. The second-order valence-electron chi connectivity index (χ2n) is 7.84. The van der Waals surface area contributed by atoms with Crippen LogP contribution < -0.4 is 0 Å². The zero-order chi connectivity index (χ0) is 17.9. The van der Waals surface area contributed by atoms with Gasteiger partial charge in [0, 0.05) is 0 Å². The third-order valence-electron chi connectivity index (χ3n) is 5.27. The molecule has 0 aromatic carbocycles. The van der Waals surface area contributed by atoms with Crippen molar-refractivity contribution in [3.63, 3.8) is 0 Å². The van der Waals surface area contributed by atoms with E-state index in [1.807, 2.05) is 0 Å². The summed E-state index contributed by atoms with van der Waals surface area (Å²) in [7, 11) is 0. The van der Waals surface area contributed by atoms with Crippen molar-refractivity contribution >= 4 is 12.6 Å². The molecule has 2 unspecified atom stereocenters. The van der Waals surface area contributed by atoms with Crippen LogP contribution >= 0.6 is 12.6 Å². The maximum Gasteiger partial charge on any atom is 0.0990 e. The standard InChI is InChI=1S/C22H46OS/c1-3-4-5-6-7-8-9-10-11-12-13-14-15-16-17-18-19-20-21(2)22(23)24/h21-24H,3-20H2,1-2H3. The van der Waals surface area contributed by atoms with Gasteiger partial charge in [-0.25, -0.2) is 0 Å². The number of rotatable bonds is 19. The molecule has 0 bridgehead atoms. The Morgan fingerprint density at radius 3 is 1.17 bits per heavy atom. The first-order valence-corrected chi connectivity index (χ1v) is 11.6. The molecule has 0 amide bonds. The third-order valence-corrected chi connectivity index (χ3v) is 5.78. The summed E-state index contributed by atoms with van der Waals surface area (Å²) in [6.45, 7) is 4.38. The second kappa shape index (κ2) is 19.6. The van der Waals surface area contributed by atoms with Crippen molar-refractivity contribution in [3.8, 4) is 0 Å². The van der Waals surface area contributed by atoms with Gasteiger partial charge in [-0.1, -0.05) is 123 Å². The van der Waals surface area contributed by atoms with Crippen molar-refractivity contribution < 1.29 is 5.11 Å². The molecule has 0 aliphatic heterocycles. The van der Waals surface area contributed by atoms with Crippen molar-refractivity contribution in [3.05, 3.63) is 0 Å². The zero-order valence-corrected chi connectivity index (χ0v) is 17.7. The number of thiol groups is 1. The Labute approximate surface area is 158 Å². The molecular formula is C22H46OS. The van der Waals surface area contributed by atoms with E-state index in [1.165, 1.54) is 109 Å². The molecule has 2 atom stereocenters. The molecular weight excluding hydrogens is 312 g/mol. The number of hydrogen-bond acceptors (Lipinski definition) is 2. The van der Waals surface area contributed by atoms with Gasteiger partial charge >= 0.3 is 0 Å². The Hall–Kier alpha value is 0.310. The summed E-state index contributed by atoms with van der Waals surface area (Å²) in [5, 5.41) is 9.32. The summed E-state index contributed by atoms with van der Waals surface area (Å²) >= 11 is 4.08. The molecule has 0 spiro atoms. The molecule has 24 heavy (non-hydrogen) atoms. The lowest BCUT2D eigenvalue weighted by Crippen LogP contribution is -2.09. The summed E-state index contributed by atoms with van der Waals surface area (Å²) < 4.78 is 0. The van der Waals surface area contributed by atoms with E-state index in [2.05, 4.69) is 26.5 Å². The van der Waals surface area contributed by atoms with Crippen LogP contribution in [0, 0.1) is 5.92 Å². The van der Waals surface area contributed by atoms with Gasteiger partial charge in [0.15, 0.2) is 0 Å². The molecule has 0 aromatic rings. The Kier molecular flexibility index (Phi) is 19.9. The lowest BCUT2D eigenvalue weighted by atomic mass is 10.0. The van der Waals surface area contributed by atoms with Crippen LogP contribution in [0.25, 0.3) is 0 Å². The van der Waals surface area contributed by atoms with Crippen LogP contribution in [0.1, 0.15) is 129 Å². The minimum atomic E-state index is -0.439. The fourth-order valence-corrected chi connectivity index (χ4v) is 3.49. The summed E-state index contributed by atoms with van der Waals surface area (Å²) in [6.07, 6.45) is 25.2. The highest BCUT2D eigenvalue weighted by Gasteiger charge is 2.08. The molecule has 1 nitrogen and oxygen atoms in total. The highest BCUT2D eigenvalue weighted by Crippen LogP contribution is 2.17. The Morgan fingerprint density at radius 1 is 0.583 bits per heavy atom. The number of hydrogen-bond donors (Lipinski definition) is 2. The van der Waals surface area contributed by atoms with Gasteiger partial charge in [0.2, 0.25) is 0 Å². The minimum absolute atomic E-state index is 0.338. The van der Waals surface area contributed by atoms with Gasteiger partial charge in [-0.2, -0.15) is 0 Å². The van der Waals surface area contributed by atoms with Gasteiger partial charge in [0.05, 0.1) is 5.44 Å². The lowest BCUT2D eigenvalue weighted by Gasteiger charge is -2.12. The first kappa shape index (κ1) is 24.3. The van der Waals surface area contributed by atoms with Crippen molar-refractivity contribution in [2.45, 2.75) is 135 Å². The van der Waals surface area contributed by atoms with E-state index in [0.717, 1.165) is 6.42 Å². The maximum absolute atomic E-state index is 9.32. The van der Waals surface area contributed by atoms with Crippen molar-refractivity contribution in [1.82, 2.24) is 0 Å². The van der Waals surface area contributed by atoms with Crippen molar-refractivity contribution in [2.24, 2.45) is 5.92 Å². The van der Waals surface area contributed by atoms with Gasteiger partial charge in [0.1, 0.15) is 0 Å². The summed E-state index contributed by atoms with van der Waals surface area (Å²) in [5.41, 5.74) is -0.439. The molecule has 0 heterocycles. The lowest BCUT2D eigenvalue weighted by molar-refractivity contribution is 0.195. The summed E-state index contributed by atoms with van der Waals surface area (Å²) in [6, 6.07) is 0. The Morgan fingerprint density at radius 2 is 0.875 bits per heavy atom. The van der Waals surface area contributed by atoms with Crippen LogP contribution in [-0.2, 0) is 0 Å². The van der Waals surface area contributed by atoms with Crippen LogP contribution in [0.15, 0.2) is 0 Å².